The number of aromatic nitrogens is 1. The Bertz CT molecular complexity index is 558. The highest BCUT2D eigenvalue weighted by Crippen LogP contribution is 2.24. The second-order valence-electron chi connectivity index (χ2n) is 5.43. The molecule has 0 aliphatic heterocycles. The Morgan fingerprint density at radius 1 is 1.00 bits per heavy atom. The lowest BCUT2D eigenvalue weighted by molar-refractivity contribution is 0.593. The summed E-state index contributed by atoms with van der Waals surface area (Å²) in [6, 6.07) is 13.3. The zero-order valence-electron chi connectivity index (χ0n) is 12.9. The molecule has 0 radical (unpaired) electrons. The van der Waals surface area contributed by atoms with E-state index in [4.69, 9.17) is 0 Å². The first-order valence-electron chi connectivity index (χ1n) is 7.36. The van der Waals surface area contributed by atoms with Gasteiger partial charge in [0.1, 0.15) is 0 Å². The summed E-state index contributed by atoms with van der Waals surface area (Å²) < 4.78 is 0. The fourth-order valence-electron chi connectivity index (χ4n) is 2.46. The Hall–Kier alpha value is -1.67. The molecule has 0 aliphatic rings. The van der Waals surface area contributed by atoms with Crippen LogP contribution in [0.4, 0.5) is 0 Å². The van der Waals surface area contributed by atoms with Gasteiger partial charge >= 0.3 is 0 Å². The van der Waals surface area contributed by atoms with Crippen LogP contribution in [0.5, 0.6) is 0 Å². The van der Waals surface area contributed by atoms with Gasteiger partial charge in [-0.2, -0.15) is 0 Å². The molecule has 0 spiro atoms. The molecule has 0 saturated carbocycles. The lowest BCUT2D eigenvalue weighted by atomic mass is 9.96. The average molecular weight is 268 g/mol. The van der Waals surface area contributed by atoms with Crippen LogP contribution in [0.3, 0.4) is 0 Å². The van der Waals surface area contributed by atoms with Crippen molar-refractivity contribution in [1.82, 2.24) is 10.3 Å². The highest BCUT2D eigenvalue weighted by molar-refractivity contribution is 5.35. The first kappa shape index (κ1) is 14.7. The molecule has 2 nitrogen and oxygen atoms in total. The Labute approximate surface area is 122 Å². The lowest BCUT2D eigenvalue weighted by Gasteiger charge is -2.21. The van der Waals surface area contributed by atoms with Crippen LogP contribution in [-0.2, 0) is 0 Å². The number of benzene rings is 1. The van der Waals surface area contributed by atoms with E-state index in [2.05, 4.69) is 67.5 Å². The van der Waals surface area contributed by atoms with Crippen molar-refractivity contribution in [3.8, 4) is 0 Å². The third-order valence-corrected chi connectivity index (χ3v) is 3.59. The van der Waals surface area contributed by atoms with Gasteiger partial charge in [-0.3, -0.25) is 4.98 Å². The zero-order chi connectivity index (χ0) is 14.5. The summed E-state index contributed by atoms with van der Waals surface area (Å²) in [5.74, 6) is 0. The van der Waals surface area contributed by atoms with Crippen LogP contribution in [0, 0.1) is 20.8 Å². The van der Waals surface area contributed by atoms with Crippen LogP contribution < -0.4 is 5.32 Å². The fraction of sp³-hybridized carbons (Fsp3) is 0.389. The van der Waals surface area contributed by atoms with Gasteiger partial charge in [-0.25, -0.2) is 0 Å². The normalized spacial score (nSPS) is 12.4. The molecule has 0 amide bonds. The fourth-order valence-corrected chi connectivity index (χ4v) is 2.46. The molecule has 1 aromatic carbocycles. The highest BCUT2D eigenvalue weighted by Gasteiger charge is 2.16. The van der Waals surface area contributed by atoms with Crippen LogP contribution in [0.15, 0.2) is 36.4 Å². The first-order chi connectivity index (χ1) is 9.61. The maximum Gasteiger partial charge on any atom is 0.0594 e. The van der Waals surface area contributed by atoms with Crippen molar-refractivity contribution in [2.24, 2.45) is 0 Å². The van der Waals surface area contributed by atoms with Gasteiger partial charge in [0.05, 0.1) is 6.04 Å². The van der Waals surface area contributed by atoms with E-state index in [1.54, 1.807) is 0 Å². The van der Waals surface area contributed by atoms with Gasteiger partial charge in [-0.1, -0.05) is 42.8 Å². The Morgan fingerprint density at radius 2 is 1.70 bits per heavy atom. The maximum atomic E-state index is 4.61. The molecule has 0 aliphatic carbocycles. The number of hydrogen-bond acceptors (Lipinski definition) is 2. The molecule has 0 saturated heterocycles. The molecule has 0 fully saturated rings. The number of nitrogens with zero attached hydrogens (tertiary/aromatic N) is 1. The van der Waals surface area contributed by atoms with E-state index in [-0.39, 0.29) is 6.04 Å². The average Bonchev–Trinajstić information content (AvgIpc) is 2.42. The Kier molecular flexibility index (Phi) is 4.91. The van der Waals surface area contributed by atoms with Crippen molar-refractivity contribution in [1.29, 1.82) is 0 Å². The minimum Gasteiger partial charge on any atom is -0.306 e. The predicted octanol–water partition coefficient (Wildman–Crippen LogP) is 4.10. The third kappa shape index (κ3) is 3.45. The summed E-state index contributed by atoms with van der Waals surface area (Å²) in [6.07, 6.45) is 1.13. The van der Waals surface area contributed by atoms with Crippen molar-refractivity contribution >= 4 is 0 Å². The van der Waals surface area contributed by atoms with Crippen molar-refractivity contribution in [2.75, 3.05) is 6.54 Å². The molecule has 106 valence electrons. The smallest absolute Gasteiger partial charge is 0.0594 e. The van der Waals surface area contributed by atoms with Gasteiger partial charge in [0.2, 0.25) is 0 Å². The van der Waals surface area contributed by atoms with E-state index >= 15 is 0 Å². The summed E-state index contributed by atoms with van der Waals surface area (Å²) in [5.41, 5.74) is 6.05. The van der Waals surface area contributed by atoms with E-state index in [0.717, 1.165) is 24.4 Å². The molecule has 1 aromatic heterocycles. The van der Waals surface area contributed by atoms with E-state index in [9.17, 15) is 0 Å². The summed E-state index contributed by atoms with van der Waals surface area (Å²) in [5, 5.41) is 3.64. The first-order valence-corrected chi connectivity index (χ1v) is 7.36. The number of rotatable bonds is 5. The van der Waals surface area contributed by atoms with Crippen molar-refractivity contribution < 1.29 is 0 Å². The topological polar surface area (TPSA) is 24.9 Å². The molecular weight excluding hydrogens is 244 g/mol. The monoisotopic (exact) mass is 268 g/mol. The molecule has 0 bridgehead atoms. The molecule has 1 heterocycles. The van der Waals surface area contributed by atoms with E-state index in [1.807, 2.05) is 6.92 Å². The molecule has 2 heteroatoms. The maximum absolute atomic E-state index is 4.61. The number of nitrogens with one attached hydrogen (secondary N) is 1. The van der Waals surface area contributed by atoms with Gasteiger partial charge in [-0.15, -0.1) is 0 Å². The van der Waals surface area contributed by atoms with Crippen molar-refractivity contribution in [2.45, 2.75) is 40.2 Å². The predicted molar refractivity (Wildman–Crippen MR) is 85.0 cm³/mol. The van der Waals surface area contributed by atoms with Crippen LogP contribution in [0.2, 0.25) is 0 Å². The lowest BCUT2D eigenvalue weighted by Crippen LogP contribution is -2.24. The zero-order valence-corrected chi connectivity index (χ0v) is 12.9. The standard InChI is InChI=1S/C18H24N2/c1-5-12-19-18(16-9-6-13(2)7-10-16)17-11-8-14(3)20-15(17)4/h6-11,18-19H,5,12H2,1-4H3. The van der Waals surface area contributed by atoms with E-state index in [1.165, 1.54) is 16.7 Å². The third-order valence-electron chi connectivity index (χ3n) is 3.59. The SMILES string of the molecule is CCCNC(c1ccc(C)cc1)c1ccc(C)nc1C. The van der Waals surface area contributed by atoms with Crippen LogP contribution >= 0.6 is 0 Å². The summed E-state index contributed by atoms with van der Waals surface area (Å²) in [7, 11) is 0. The molecule has 20 heavy (non-hydrogen) atoms. The highest BCUT2D eigenvalue weighted by atomic mass is 14.9. The van der Waals surface area contributed by atoms with Crippen LogP contribution in [0.1, 0.15) is 47.5 Å². The summed E-state index contributed by atoms with van der Waals surface area (Å²) >= 11 is 0. The van der Waals surface area contributed by atoms with E-state index in [0.29, 0.717) is 0 Å². The quantitative estimate of drug-likeness (QED) is 0.883. The number of hydrogen-bond donors (Lipinski definition) is 1. The molecule has 1 N–H and O–H groups in total. The minimum atomic E-state index is 0.226. The van der Waals surface area contributed by atoms with Crippen LogP contribution in [-0.4, -0.2) is 11.5 Å². The van der Waals surface area contributed by atoms with Gasteiger partial charge in [0.25, 0.3) is 0 Å². The summed E-state index contributed by atoms with van der Waals surface area (Å²) in [4.78, 5) is 4.61. The van der Waals surface area contributed by atoms with Crippen molar-refractivity contribution in [3.05, 3.63) is 64.5 Å². The largest absolute Gasteiger partial charge is 0.306 e. The van der Waals surface area contributed by atoms with Gasteiger partial charge in [0, 0.05) is 11.4 Å². The van der Waals surface area contributed by atoms with Crippen molar-refractivity contribution in [3.63, 3.8) is 0 Å². The molecule has 2 rings (SSSR count). The van der Waals surface area contributed by atoms with Gasteiger partial charge in [-0.05, 0) is 50.9 Å². The van der Waals surface area contributed by atoms with Gasteiger partial charge in [0.15, 0.2) is 0 Å². The minimum absolute atomic E-state index is 0.226. The molecule has 2 aromatic rings. The summed E-state index contributed by atoms with van der Waals surface area (Å²) in [6.45, 7) is 9.45. The Morgan fingerprint density at radius 3 is 2.30 bits per heavy atom. The van der Waals surface area contributed by atoms with Crippen LogP contribution in [0.25, 0.3) is 0 Å². The van der Waals surface area contributed by atoms with E-state index < -0.39 is 0 Å². The molecule has 1 atom stereocenters. The molecule has 1 unspecified atom stereocenters. The molecular formula is C18H24N2. The second kappa shape index (κ2) is 6.67. The Balaban J connectivity index is 2.38. The second-order valence-corrected chi connectivity index (χ2v) is 5.43. The number of aryl methyl sites for hydroxylation is 3. The van der Waals surface area contributed by atoms with Gasteiger partial charge < -0.3 is 5.32 Å². The number of pyridine rings is 1.